The Bertz CT molecular complexity index is 170. The Kier molecular flexibility index (Phi) is 4.18. The van der Waals surface area contributed by atoms with Crippen molar-refractivity contribution < 1.29 is 0 Å². The van der Waals surface area contributed by atoms with Gasteiger partial charge < -0.3 is 5.73 Å². The molecule has 62 valence electrons. The van der Waals surface area contributed by atoms with Gasteiger partial charge in [-0.05, 0) is 19.9 Å². The van der Waals surface area contributed by atoms with Gasteiger partial charge in [0.25, 0.3) is 0 Å². The average Bonchev–Trinajstić information content (AvgIpc) is 1.88. The third kappa shape index (κ3) is 3.55. The van der Waals surface area contributed by atoms with Crippen LogP contribution in [0.2, 0.25) is 0 Å². The summed E-state index contributed by atoms with van der Waals surface area (Å²) < 4.78 is 0. The second kappa shape index (κ2) is 4.66. The van der Waals surface area contributed by atoms with Crippen molar-refractivity contribution in [2.24, 2.45) is 0 Å². The zero-order chi connectivity index (χ0) is 8.85. The lowest BCUT2D eigenvalue weighted by molar-refractivity contribution is 1.07. The largest absolute Gasteiger partial charge is 0.368 e. The predicted octanol–water partition coefficient (Wildman–Crippen LogP) is 1.70. The minimum Gasteiger partial charge on any atom is -0.368 e. The molecule has 1 aromatic heterocycles. The van der Waals surface area contributed by atoms with Crippen LogP contribution in [0.15, 0.2) is 6.07 Å². The summed E-state index contributed by atoms with van der Waals surface area (Å²) in [5.41, 5.74) is 7.17. The van der Waals surface area contributed by atoms with Crippen LogP contribution in [0.1, 0.15) is 25.2 Å². The number of anilines is 1. The van der Waals surface area contributed by atoms with Crippen molar-refractivity contribution in [3.63, 3.8) is 0 Å². The highest BCUT2D eigenvalue weighted by atomic mass is 15.0. The second-order valence-electron chi connectivity index (χ2n) is 2.01. The minimum atomic E-state index is 0.354. The highest BCUT2D eigenvalue weighted by Crippen LogP contribution is 1.98. The molecule has 3 heteroatoms. The molecule has 11 heavy (non-hydrogen) atoms. The molecule has 1 rings (SSSR count). The van der Waals surface area contributed by atoms with Gasteiger partial charge in [0.1, 0.15) is 0 Å². The Morgan fingerprint density at radius 1 is 1.09 bits per heavy atom. The van der Waals surface area contributed by atoms with Crippen molar-refractivity contribution >= 4 is 5.95 Å². The van der Waals surface area contributed by atoms with E-state index in [0.29, 0.717) is 5.95 Å². The Labute approximate surface area is 67.7 Å². The number of nitrogens with zero attached hydrogens (tertiary/aromatic N) is 2. The molecular formula is C8H15N3. The molecule has 0 aliphatic heterocycles. The molecule has 1 aromatic rings. The predicted molar refractivity (Wildman–Crippen MR) is 47.3 cm³/mol. The smallest absolute Gasteiger partial charge is 0.220 e. The monoisotopic (exact) mass is 153 g/mol. The van der Waals surface area contributed by atoms with E-state index < -0.39 is 0 Å². The first kappa shape index (κ1) is 9.88. The highest BCUT2D eigenvalue weighted by molar-refractivity contribution is 5.20. The van der Waals surface area contributed by atoms with Crippen LogP contribution in [0.25, 0.3) is 0 Å². The molecule has 0 amide bonds. The minimum absolute atomic E-state index is 0.354. The van der Waals surface area contributed by atoms with E-state index in [-0.39, 0.29) is 0 Å². The van der Waals surface area contributed by atoms with Gasteiger partial charge in [-0.25, -0.2) is 9.97 Å². The molecule has 0 aliphatic carbocycles. The first-order valence-corrected chi connectivity index (χ1v) is 3.76. The summed E-state index contributed by atoms with van der Waals surface area (Å²) in [5.74, 6) is 0.354. The summed E-state index contributed by atoms with van der Waals surface area (Å²) in [5, 5.41) is 0. The molecule has 1 heterocycles. The molecule has 2 N–H and O–H groups in total. The third-order valence-corrected chi connectivity index (χ3v) is 1.000. The van der Waals surface area contributed by atoms with Crippen molar-refractivity contribution in [1.29, 1.82) is 0 Å². The van der Waals surface area contributed by atoms with Gasteiger partial charge in [0.2, 0.25) is 5.95 Å². The normalized spacial score (nSPS) is 8.36. The van der Waals surface area contributed by atoms with Gasteiger partial charge in [0.05, 0.1) is 0 Å². The maximum absolute atomic E-state index is 5.34. The molecule has 0 spiro atoms. The van der Waals surface area contributed by atoms with Crippen molar-refractivity contribution in [2.75, 3.05) is 5.73 Å². The third-order valence-electron chi connectivity index (χ3n) is 1.000. The molecule has 0 fully saturated rings. The van der Waals surface area contributed by atoms with Gasteiger partial charge >= 0.3 is 0 Å². The van der Waals surface area contributed by atoms with Gasteiger partial charge in [-0.1, -0.05) is 13.8 Å². The van der Waals surface area contributed by atoms with Crippen LogP contribution in [-0.4, -0.2) is 9.97 Å². The summed E-state index contributed by atoms with van der Waals surface area (Å²) in [4.78, 5) is 7.80. The van der Waals surface area contributed by atoms with Gasteiger partial charge in [0.15, 0.2) is 0 Å². The standard InChI is InChI=1S/C6H9N3.C2H6/c1-4-3-5(2)9-6(7)8-4;1-2/h3H,1-2H3,(H2,7,8,9);1-2H3. The lowest BCUT2D eigenvalue weighted by atomic mass is 10.4. The molecule has 0 saturated heterocycles. The number of aromatic nitrogens is 2. The van der Waals surface area contributed by atoms with Crippen LogP contribution in [0.3, 0.4) is 0 Å². The van der Waals surface area contributed by atoms with Crippen LogP contribution >= 0.6 is 0 Å². The van der Waals surface area contributed by atoms with Gasteiger partial charge in [-0.15, -0.1) is 0 Å². The van der Waals surface area contributed by atoms with E-state index in [0.717, 1.165) is 11.4 Å². The van der Waals surface area contributed by atoms with E-state index in [1.54, 1.807) is 0 Å². The number of nitrogens with two attached hydrogens (primary N) is 1. The lowest BCUT2D eigenvalue weighted by Crippen LogP contribution is -1.97. The number of nitrogen functional groups attached to an aromatic ring is 1. The number of aryl methyl sites for hydroxylation is 2. The van der Waals surface area contributed by atoms with Crippen LogP contribution in [0.5, 0.6) is 0 Å². The van der Waals surface area contributed by atoms with Crippen molar-refractivity contribution in [3.05, 3.63) is 17.5 Å². The van der Waals surface area contributed by atoms with Gasteiger partial charge in [-0.2, -0.15) is 0 Å². The zero-order valence-corrected chi connectivity index (χ0v) is 7.55. The summed E-state index contributed by atoms with van der Waals surface area (Å²) >= 11 is 0. The van der Waals surface area contributed by atoms with Crippen LogP contribution in [0, 0.1) is 13.8 Å². The molecule has 0 bridgehead atoms. The number of hydrogen-bond donors (Lipinski definition) is 1. The fraction of sp³-hybridized carbons (Fsp3) is 0.500. The maximum Gasteiger partial charge on any atom is 0.220 e. The molecule has 0 saturated carbocycles. The molecule has 0 radical (unpaired) electrons. The van der Waals surface area contributed by atoms with E-state index in [9.17, 15) is 0 Å². The van der Waals surface area contributed by atoms with E-state index in [1.807, 2.05) is 33.8 Å². The van der Waals surface area contributed by atoms with E-state index in [4.69, 9.17) is 5.73 Å². The molecular weight excluding hydrogens is 138 g/mol. The fourth-order valence-corrected chi connectivity index (χ4v) is 0.753. The number of hydrogen-bond acceptors (Lipinski definition) is 3. The summed E-state index contributed by atoms with van der Waals surface area (Å²) in [6, 6.07) is 1.89. The van der Waals surface area contributed by atoms with Crippen molar-refractivity contribution in [3.8, 4) is 0 Å². The highest BCUT2D eigenvalue weighted by Gasteiger charge is 1.90. The van der Waals surface area contributed by atoms with Crippen molar-refractivity contribution in [1.82, 2.24) is 9.97 Å². The number of rotatable bonds is 0. The van der Waals surface area contributed by atoms with E-state index >= 15 is 0 Å². The maximum atomic E-state index is 5.34. The van der Waals surface area contributed by atoms with Crippen molar-refractivity contribution in [2.45, 2.75) is 27.7 Å². The zero-order valence-electron chi connectivity index (χ0n) is 7.55. The summed E-state index contributed by atoms with van der Waals surface area (Å²) in [6.07, 6.45) is 0. The lowest BCUT2D eigenvalue weighted by Gasteiger charge is -1.94. The van der Waals surface area contributed by atoms with Gasteiger partial charge in [-0.3, -0.25) is 0 Å². The van der Waals surface area contributed by atoms with E-state index in [1.165, 1.54) is 0 Å². The Morgan fingerprint density at radius 3 is 1.73 bits per heavy atom. The Balaban J connectivity index is 0.000000461. The fourth-order valence-electron chi connectivity index (χ4n) is 0.753. The molecule has 3 nitrogen and oxygen atoms in total. The van der Waals surface area contributed by atoms with Crippen LogP contribution in [0.4, 0.5) is 5.95 Å². The first-order valence-electron chi connectivity index (χ1n) is 3.76. The Hall–Kier alpha value is -1.12. The molecule has 0 aliphatic rings. The van der Waals surface area contributed by atoms with Gasteiger partial charge in [0, 0.05) is 11.4 Å². The Morgan fingerprint density at radius 2 is 1.45 bits per heavy atom. The summed E-state index contributed by atoms with van der Waals surface area (Å²) in [6.45, 7) is 7.79. The molecule has 0 aromatic carbocycles. The summed E-state index contributed by atoms with van der Waals surface area (Å²) in [7, 11) is 0. The van der Waals surface area contributed by atoms with Crippen LogP contribution < -0.4 is 5.73 Å². The molecule has 0 atom stereocenters. The second-order valence-corrected chi connectivity index (χ2v) is 2.01. The SMILES string of the molecule is CC.Cc1cc(C)nc(N)n1. The quantitative estimate of drug-likeness (QED) is 0.617. The van der Waals surface area contributed by atoms with Crippen LogP contribution in [-0.2, 0) is 0 Å². The average molecular weight is 153 g/mol. The van der Waals surface area contributed by atoms with E-state index in [2.05, 4.69) is 9.97 Å². The topological polar surface area (TPSA) is 51.8 Å². The first-order chi connectivity index (χ1) is 5.18. The molecule has 0 unspecified atom stereocenters.